The third-order valence-corrected chi connectivity index (χ3v) is 4.32. The molecule has 0 aromatic carbocycles. The van der Waals surface area contributed by atoms with Crippen LogP contribution in [0.15, 0.2) is 11.1 Å². The SMILES string of the molecule is CC1=C(C)[C@@H]([C@@H](O)COP(C)(=O)OC(C)(C)C)OC1=O. The molecule has 1 aliphatic heterocycles. The van der Waals surface area contributed by atoms with E-state index < -0.39 is 31.4 Å². The van der Waals surface area contributed by atoms with Crippen LogP contribution in [0, 0.1) is 0 Å². The predicted molar refractivity (Wildman–Crippen MR) is 74.6 cm³/mol. The van der Waals surface area contributed by atoms with Gasteiger partial charge in [0, 0.05) is 12.2 Å². The lowest BCUT2D eigenvalue weighted by Crippen LogP contribution is -2.32. The number of carbonyl (C=O) groups excluding carboxylic acids is 1. The zero-order valence-electron chi connectivity index (χ0n) is 12.8. The lowest BCUT2D eigenvalue weighted by molar-refractivity contribution is -0.144. The monoisotopic (exact) mass is 306 g/mol. The van der Waals surface area contributed by atoms with Crippen molar-refractivity contribution in [2.24, 2.45) is 0 Å². The number of aliphatic hydroxyl groups excluding tert-OH is 1. The van der Waals surface area contributed by atoms with Crippen molar-refractivity contribution >= 4 is 13.6 Å². The molecule has 3 atom stereocenters. The van der Waals surface area contributed by atoms with Crippen molar-refractivity contribution in [3.63, 3.8) is 0 Å². The van der Waals surface area contributed by atoms with E-state index in [9.17, 15) is 14.5 Å². The molecule has 7 heteroatoms. The molecule has 6 nitrogen and oxygen atoms in total. The molecule has 1 aliphatic rings. The Morgan fingerprint density at radius 2 is 1.95 bits per heavy atom. The number of cyclic esters (lactones) is 1. The van der Waals surface area contributed by atoms with Crippen molar-refractivity contribution in [3.8, 4) is 0 Å². The second kappa shape index (κ2) is 5.98. The van der Waals surface area contributed by atoms with E-state index in [1.165, 1.54) is 6.66 Å². The van der Waals surface area contributed by atoms with Crippen LogP contribution in [-0.2, 0) is 23.1 Å². The van der Waals surface area contributed by atoms with E-state index in [1.807, 2.05) is 0 Å². The fraction of sp³-hybridized carbons (Fsp3) is 0.769. The maximum atomic E-state index is 12.1. The summed E-state index contributed by atoms with van der Waals surface area (Å²) < 4.78 is 27.6. The molecule has 20 heavy (non-hydrogen) atoms. The molecule has 0 bridgehead atoms. The highest BCUT2D eigenvalue weighted by molar-refractivity contribution is 7.53. The smallest absolute Gasteiger partial charge is 0.334 e. The minimum Gasteiger partial charge on any atom is -0.452 e. The number of esters is 1. The van der Waals surface area contributed by atoms with Crippen molar-refractivity contribution in [3.05, 3.63) is 11.1 Å². The van der Waals surface area contributed by atoms with E-state index in [0.717, 1.165) is 0 Å². The number of hydrogen-bond acceptors (Lipinski definition) is 6. The average Bonchev–Trinajstić information content (AvgIpc) is 2.51. The largest absolute Gasteiger partial charge is 0.452 e. The zero-order chi connectivity index (χ0) is 15.7. The third kappa shape index (κ3) is 4.70. The second-order valence-corrected chi connectivity index (χ2v) is 7.96. The molecule has 1 unspecified atom stereocenters. The summed E-state index contributed by atoms with van der Waals surface area (Å²) >= 11 is 0. The van der Waals surface area contributed by atoms with Gasteiger partial charge in [0.2, 0.25) is 0 Å². The first-order chi connectivity index (χ1) is 8.93. The lowest BCUT2D eigenvalue weighted by atomic mass is 10.0. The summed E-state index contributed by atoms with van der Waals surface area (Å²) in [6, 6.07) is 0. The van der Waals surface area contributed by atoms with Crippen LogP contribution in [-0.4, -0.2) is 42.2 Å². The fourth-order valence-electron chi connectivity index (χ4n) is 1.86. The normalized spacial score (nSPS) is 24.6. The molecule has 116 valence electrons. The summed E-state index contributed by atoms with van der Waals surface area (Å²) in [6.07, 6.45) is -1.83. The summed E-state index contributed by atoms with van der Waals surface area (Å²) in [4.78, 5) is 11.4. The molecule has 0 amide bonds. The van der Waals surface area contributed by atoms with Gasteiger partial charge >= 0.3 is 13.6 Å². The Hall–Kier alpha value is -0.680. The first-order valence-corrected chi connectivity index (χ1v) is 8.41. The van der Waals surface area contributed by atoms with E-state index in [4.69, 9.17) is 13.8 Å². The molecule has 0 fully saturated rings. The van der Waals surface area contributed by atoms with Gasteiger partial charge in [0.05, 0.1) is 12.2 Å². The van der Waals surface area contributed by atoms with Crippen molar-refractivity contribution < 1.29 is 28.3 Å². The van der Waals surface area contributed by atoms with Crippen LogP contribution < -0.4 is 0 Å². The molecular formula is C13H23O6P. The second-order valence-electron chi connectivity index (χ2n) is 5.97. The lowest BCUT2D eigenvalue weighted by Gasteiger charge is -2.26. The van der Waals surface area contributed by atoms with Gasteiger partial charge in [-0.25, -0.2) is 4.79 Å². The van der Waals surface area contributed by atoms with Crippen LogP contribution in [0.3, 0.4) is 0 Å². The number of carbonyl (C=O) groups is 1. The van der Waals surface area contributed by atoms with E-state index in [-0.39, 0.29) is 6.61 Å². The zero-order valence-corrected chi connectivity index (χ0v) is 13.7. The van der Waals surface area contributed by atoms with Crippen molar-refractivity contribution in [2.45, 2.75) is 52.4 Å². The van der Waals surface area contributed by atoms with E-state index in [0.29, 0.717) is 11.1 Å². The first-order valence-electron chi connectivity index (χ1n) is 6.42. The molecule has 0 saturated carbocycles. The third-order valence-electron chi connectivity index (χ3n) is 2.83. The Bertz CT molecular complexity index is 462. The number of ether oxygens (including phenoxy) is 1. The summed E-state index contributed by atoms with van der Waals surface area (Å²) in [5, 5.41) is 10.0. The Balaban J connectivity index is 2.59. The molecular weight excluding hydrogens is 283 g/mol. The van der Waals surface area contributed by atoms with Crippen molar-refractivity contribution in [2.75, 3.05) is 13.3 Å². The molecule has 1 rings (SSSR count). The Morgan fingerprint density at radius 3 is 2.35 bits per heavy atom. The van der Waals surface area contributed by atoms with Crippen molar-refractivity contribution in [1.29, 1.82) is 0 Å². The highest BCUT2D eigenvalue weighted by atomic mass is 31.2. The summed E-state index contributed by atoms with van der Waals surface area (Å²) in [5.41, 5.74) is 0.537. The summed E-state index contributed by atoms with van der Waals surface area (Å²) in [6.45, 7) is 9.75. The van der Waals surface area contributed by atoms with Gasteiger partial charge in [0.15, 0.2) is 6.10 Å². The van der Waals surface area contributed by atoms with Crippen molar-refractivity contribution in [1.82, 2.24) is 0 Å². The average molecular weight is 306 g/mol. The van der Waals surface area contributed by atoms with Gasteiger partial charge in [-0.15, -0.1) is 0 Å². The molecule has 0 saturated heterocycles. The van der Waals surface area contributed by atoms with E-state index >= 15 is 0 Å². The minimum atomic E-state index is -3.28. The van der Waals surface area contributed by atoms with Crippen LogP contribution in [0.5, 0.6) is 0 Å². The number of rotatable bonds is 5. The van der Waals surface area contributed by atoms with Crippen LogP contribution in [0.25, 0.3) is 0 Å². The van der Waals surface area contributed by atoms with Gasteiger partial charge in [-0.1, -0.05) is 0 Å². The number of hydrogen-bond donors (Lipinski definition) is 1. The van der Waals surface area contributed by atoms with Gasteiger partial charge in [-0.3, -0.25) is 4.57 Å². The molecule has 1 heterocycles. The maximum Gasteiger partial charge on any atom is 0.334 e. The molecule has 0 aromatic rings. The molecule has 0 radical (unpaired) electrons. The molecule has 1 N–H and O–H groups in total. The molecule has 0 aromatic heterocycles. The Morgan fingerprint density at radius 1 is 1.40 bits per heavy atom. The minimum absolute atomic E-state index is 0.230. The maximum absolute atomic E-state index is 12.1. The van der Waals surface area contributed by atoms with Crippen LogP contribution >= 0.6 is 7.60 Å². The van der Waals surface area contributed by atoms with Gasteiger partial charge in [-0.2, -0.15) is 0 Å². The Labute approximate surface area is 119 Å². The van der Waals surface area contributed by atoms with E-state index in [1.54, 1.807) is 34.6 Å². The standard InChI is InChI=1S/C13H23O6P/c1-8-9(2)12(15)18-11(8)10(14)7-17-20(6,16)19-13(3,4)5/h10-11,14H,7H2,1-6H3/t10-,11-,20?/m0/s1. The van der Waals surface area contributed by atoms with Gasteiger partial charge in [0.25, 0.3) is 0 Å². The van der Waals surface area contributed by atoms with E-state index in [2.05, 4.69) is 0 Å². The predicted octanol–water partition coefficient (Wildman–Crippen LogP) is 2.26. The van der Waals surface area contributed by atoms with Crippen LogP contribution in [0.4, 0.5) is 0 Å². The molecule has 0 spiro atoms. The van der Waals surface area contributed by atoms with Crippen LogP contribution in [0.2, 0.25) is 0 Å². The van der Waals surface area contributed by atoms with Crippen LogP contribution in [0.1, 0.15) is 34.6 Å². The first kappa shape index (κ1) is 17.4. The molecule has 0 aliphatic carbocycles. The topological polar surface area (TPSA) is 82.1 Å². The summed E-state index contributed by atoms with van der Waals surface area (Å²) in [5.74, 6) is -0.447. The van der Waals surface area contributed by atoms with Gasteiger partial charge in [0.1, 0.15) is 6.10 Å². The quantitative estimate of drug-likeness (QED) is 0.620. The highest BCUT2D eigenvalue weighted by Crippen LogP contribution is 2.47. The van der Waals surface area contributed by atoms with Gasteiger partial charge in [-0.05, 0) is 40.2 Å². The van der Waals surface area contributed by atoms with Gasteiger partial charge < -0.3 is 18.9 Å². The highest BCUT2D eigenvalue weighted by Gasteiger charge is 2.35. The summed E-state index contributed by atoms with van der Waals surface area (Å²) in [7, 11) is -3.28. The number of aliphatic hydroxyl groups is 1. The Kier molecular flexibility index (Phi) is 5.19. The fourth-order valence-corrected chi connectivity index (χ4v) is 3.33.